The number of hydrogen-bond donors (Lipinski definition) is 4. The van der Waals surface area contributed by atoms with E-state index in [0.29, 0.717) is 0 Å². The largest absolute Gasteiger partial charge is 0.484 e. The van der Waals surface area contributed by atoms with Gasteiger partial charge in [0.25, 0.3) is 11.8 Å². The van der Waals surface area contributed by atoms with Crippen LogP contribution in [0.25, 0.3) is 0 Å². The van der Waals surface area contributed by atoms with Crippen molar-refractivity contribution in [2.24, 2.45) is 5.73 Å². The molecule has 8 nitrogen and oxygen atoms in total. The number of halogens is 3. The Labute approximate surface area is 169 Å². The van der Waals surface area contributed by atoms with Crippen LogP contribution < -0.4 is 26.6 Å². The van der Waals surface area contributed by atoms with E-state index in [0.717, 1.165) is 23.8 Å². The Morgan fingerprint density at radius 3 is 2.33 bits per heavy atom. The number of nitrogens with one attached hydrogen (secondary N) is 3. The van der Waals surface area contributed by atoms with Crippen LogP contribution in [0.5, 0.6) is 5.75 Å². The fourth-order valence-corrected chi connectivity index (χ4v) is 2.40. The lowest BCUT2D eigenvalue weighted by molar-refractivity contribution is -0.137. The first-order valence-electron chi connectivity index (χ1n) is 8.64. The summed E-state index contributed by atoms with van der Waals surface area (Å²) in [7, 11) is 0. The van der Waals surface area contributed by atoms with Crippen molar-refractivity contribution in [1.82, 2.24) is 16.2 Å². The summed E-state index contributed by atoms with van der Waals surface area (Å²) in [5.74, 6) is -1.73. The molecule has 0 aliphatic rings. The minimum absolute atomic E-state index is 0.117. The normalized spacial score (nSPS) is 11.8. The molecule has 0 radical (unpaired) electrons. The maximum atomic E-state index is 12.7. The summed E-state index contributed by atoms with van der Waals surface area (Å²) in [6.07, 6.45) is -4.43. The van der Waals surface area contributed by atoms with Crippen LogP contribution in [0.1, 0.15) is 11.1 Å². The van der Waals surface area contributed by atoms with Crippen LogP contribution in [0.4, 0.5) is 18.0 Å². The number of alkyl halides is 3. The van der Waals surface area contributed by atoms with Crippen molar-refractivity contribution in [1.29, 1.82) is 0 Å². The molecule has 0 unspecified atom stereocenters. The quantitative estimate of drug-likeness (QED) is 0.503. The second kappa shape index (κ2) is 10.1. The van der Waals surface area contributed by atoms with Crippen molar-refractivity contribution in [3.05, 3.63) is 65.7 Å². The van der Waals surface area contributed by atoms with E-state index in [-0.39, 0.29) is 12.2 Å². The lowest BCUT2D eigenvalue weighted by Crippen LogP contribution is -2.54. The van der Waals surface area contributed by atoms with Gasteiger partial charge in [0.2, 0.25) is 0 Å². The second-order valence-electron chi connectivity index (χ2n) is 6.10. The number of ether oxygens (including phenoxy) is 1. The van der Waals surface area contributed by atoms with Gasteiger partial charge in [-0.3, -0.25) is 20.4 Å². The van der Waals surface area contributed by atoms with E-state index < -0.39 is 42.2 Å². The van der Waals surface area contributed by atoms with E-state index in [1.165, 1.54) is 6.07 Å². The van der Waals surface area contributed by atoms with Crippen LogP contribution in [-0.4, -0.2) is 30.5 Å². The molecule has 0 spiro atoms. The number of benzene rings is 2. The van der Waals surface area contributed by atoms with E-state index in [9.17, 15) is 27.6 Å². The van der Waals surface area contributed by atoms with Gasteiger partial charge < -0.3 is 15.8 Å². The third-order valence-electron chi connectivity index (χ3n) is 3.77. The van der Waals surface area contributed by atoms with Gasteiger partial charge in [0, 0.05) is 6.42 Å². The first-order chi connectivity index (χ1) is 14.1. The number of hydrazine groups is 1. The Morgan fingerprint density at radius 2 is 1.70 bits per heavy atom. The van der Waals surface area contributed by atoms with Gasteiger partial charge in [0.1, 0.15) is 11.8 Å². The Kier molecular flexibility index (Phi) is 7.62. The minimum Gasteiger partial charge on any atom is -0.484 e. The van der Waals surface area contributed by atoms with Crippen molar-refractivity contribution in [3.63, 3.8) is 0 Å². The number of hydrogen-bond acceptors (Lipinski definition) is 4. The number of rotatable bonds is 7. The lowest BCUT2D eigenvalue weighted by Gasteiger charge is -2.18. The fraction of sp³-hybridized carbons (Fsp3) is 0.211. The summed E-state index contributed by atoms with van der Waals surface area (Å²) in [6.45, 7) is -0.645. The zero-order chi connectivity index (χ0) is 22.1. The highest BCUT2D eigenvalue weighted by Crippen LogP contribution is 2.31. The highest BCUT2D eigenvalue weighted by atomic mass is 19.4. The molecule has 2 rings (SSSR count). The molecule has 0 saturated carbocycles. The number of carbonyl (C=O) groups excluding carboxylic acids is 3. The van der Waals surface area contributed by atoms with Gasteiger partial charge in [-0.05, 0) is 23.8 Å². The molecule has 0 bridgehead atoms. The molecule has 30 heavy (non-hydrogen) atoms. The average molecular weight is 424 g/mol. The highest BCUT2D eigenvalue weighted by Gasteiger charge is 2.30. The number of nitrogens with two attached hydrogens (primary N) is 1. The smallest absolute Gasteiger partial charge is 0.416 e. The van der Waals surface area contributed by atoms with E-state index in [2.05, 4.69) is 16.2 Å². The van der Waals surface area contributed by atoms with Gasteiger partial charge in [0.15, 0.2) is 6.61 Å². The van der Waals surface area contributed by atoms with Crippen LogP contribution >= 0.6 is 0 Å². The van der Waals surface area contributed by atoms with E-state index in [1.807, 2.05) is 0 Å². The topological polar surface area (TPSA) is 123 Å². The fourth-order valence-electron chi connectivity index (χ4n) is 2.40. The zero-order valence-electron chi connectivity index (χ0n) is 15.5. The second-order valence-corrected chi connectivity index (χ2v) is 6.10. The van der Waals surface area contributed by atoms with Crippen molar-refractivity contribution in [2.75, 3.05) is 6.61 Å². The monoisotopic (exact) mass is 424 g/mol. The number of carbonyl (C=O) groups is 3. The molecule has 160 valence electrons. The lowest BCUT2D eigenvalue weighted by atomic mass is 10.1. The molecule has 11 heteroatoms. The molecular formula is C19H19F3N4O4. The Bertz CT molecular complexity index is 891. The summed E-state index contributed by atoms with van der Waals surface area (Å²) in [4.78, 5) is 35.2. The maximum absolute atomic E-state index is 12.7. The van der Waals surface area contributed by atoms with Crippen molar-refractivity contribution in [2.45, 2.75) is 18.6 Å². The van der Waals surface area contributed by atoms with Crippen molar-refractivity contribution < 1.29 is 32.3 Å². The van der Waals surface area contributed by atoms with Crippen LogP contribution in [-0.2, 0) is 22.2 Å². The van der Waals surface area contributed by atoms with E-state index in [4.69, 9.17) is 10.5 Å². The highest BCUT2D eigenvalue weighted by molar-refractivity contribution is 5.88. The van der Waals surface area contributed by atoms with Crippen LogP contribution in [0, 0.1) is 0 Å². The predicted molar refractivity (Wildman–Crippen MR) is 99.9 cm³/mol. The molecule has 0 aromatic heterocycles. The van der Waals surface area contributed by atoms with Gasteiger partial charge in [0.05, 0.1) is 5.56 Å². The standard InChI is InChI=1S/C19H19F3N4O4/c20-19(21,22)13-7-4-8-14(10-13)30-11-16(27)25-26-17(28)15(24-18(23)29)9-12-5-2-1-3-6-12/h1-8,10,15H,9,11H2,(H,25,27)(H,26,28)(H3,23,24,29)/t15-/m0/s1. The van der Waals surface area contributed by atoms with Gasteiger partial charge in [-0.15, -0.1) is 0 Å². The molecule has 0 saturated heterocycles. The molecule has 0 aliphatic heterocycles. The van der Waals surface area contributed by atoms with Crippen molar-refractivity contribution in [3.8, 4) is 5.75 Å². The summed E-state index contributed by atoms with van der Waals surface area (Å²) in [5.41, 5.74) is 9.07. The summed E-state index contributed by atoms with van der Waals surface area (Å²) < 4.78 is 43.0. The summed E-state index contributed by atoms with van der Waals surface area (Å²) in [6, 6.07) is 10.8. The zero-order valence-corrected chi connectivity index (χ0v) is 15.5. The number of amides is 4. The van der Waals surface area contributed by atoms with Gasteiger partial charge in [-0.2, -0.15) is 13.2 Å². The van der Waals surface area contributed by atoms with Gasteiger partial charge in [-0.25, -0.2) is 4.79 Å². The maximum Gasteiger partial charge on any atom is 0.416 e. The first kappa shape index (κ1) is 22.5. The Hall–Kier alpha value is -3.76. The molecule has 0 heterocycles. The Balaban J connectivity index is 1.87. The predicted octanol–water partition coefficient (Wildman–Crippen LogP) is 1.51. The van der Waals surface area contributed by atoms with Gasteiger partial charge in [-0.1, -0.05) is 36.4 Å². The number of primary amides is 1. The van der Waals surface area contributed by atoms with E-state index >= 15 is 0 Å². The molecule has 2 aromatic carbocycles. The SMILES string of the molecule is NC(=O)N[C@@H](Cc1ccccc1)C(=O)NNC(=O)COc1cccc(C(F)(F)F)c1. The third-order valence-corrected chi connectivity index (χ3v) is 3.77. The molecule has 4 amide bonds. The van der Waals surface area contributed by atoms with Crippen LogP contribution in [0.3, 0.4) is 0 Å². The third kappa shape index (κ3) is 7.34. The van der Waals surface area contributed by atoms with Crippen molar-refractivity contribution >= 4 is 17.8 Å². The molecule has 1 atom stereocenters. The first-order valence-corrected chi connectivity index (χ1v) is 8.64. The number of urea groups is 1. The van der Waals surface area contributed by atoms with E-state index in [1.54, 1.807) is 30.3 Å². The summed E-state index contributed by atoms with van der Waals surface area (Å²) >= 11 is 0. The summed E-state index contributed by atoms with van der Waals surface area (Å²) in [5, 5.41) is 2.27. The molecule has 2 aromatic rings. The molecule has 5 N–H and O–H groups in total. The van der Waals surface area contributed by atoms with Gasteiger partial charge >= 0.3 is 12.2 Å². The van der Waals surface area contributed by atoms with Crippen LogP contribution in [0.15, 0.2) is 54.6 Å². The average Bonchev–Trinajstić information content (AvgIpc) is 2.70. The molecule has 0 aliphatic carbocycles. The minimum atomic E-state index is -4.54. The van der Waals surface area contributed by atoms with Crippen LogP contribution in [0.2, 0.25) is 0 Å². The molecule has 0 fully saturated rings. The Morgan fingerprint density at radius 1 is 1.00 bits per heavy atom. The molecular weight excluding hydrogens is 405 g/mol.